The van der Waals surface area contributed by atoms with Gasteiger partial charge in [-0.2, -0.15) is 0 Å². The molecule has 10 heteroatoms. The van der Waals surface area contributed by atoms with Crippen molar-refractivity contribution in [3.63, 3.8) is 0 Å². The average molecular weight is 480 g/mol. The van der Waals surface area contributed by atoms with Crippen LogP contribution < -0.4 is 10.1 Å². The largest absolute Gasteiger partial charge is 0.461 e. The summed E-state index contributed by atoms with van der Waals surface area (Å²) in [5.74, 6) is -1.17. The second-order valence-corrected chi connectivity index (χ2v) is 7.70. The van der Waals surface area contributed by atoms with Crippen LogP contribution >= 0.6 is 0 Å². The number of nitrogens with zero attached hydrogens (tertiary/aromatic N) is 1. The van der Waals surface area contributed by atoms with Crippen molar-refractivity contribution < 1.29 is 33.1 Å². The van der Waals surface area contributed by atoms with Crippen LogP contribution in [-0.2, 0) is 27.5 Å². The van der Waals surface area contributed by atoms with Gasteiger partial charge in [-0.25, -0.2) is 4.39 Å². The molecule has 3 aromatic rings. The molecule has 0 spiro atoms. The van der Waals surface area contributed by atoms with Crippen LogP contribution in [0.25, 0.3) is 0 Å². The predicted molar refractivity (Wildman–Crippen MR) is 121 cm³/mol. The molecule has 0 aromatic heterocycles. The smallest absolute Gasteiger partial charge is 0.307 e. The van der Waals surface area contributed by atoms with Crippen molar-refractivity contribution in [1.82, 2.24) is 5.32 Å². The standard InChI is InChI=1S/C25H21FN2O7/c26-20-12-18(23-19(13-20)15-34-25(35-23)17-4-2-1-3-5-17)14-33-22(29)10-11-27-24(30)16-6-8-21(9-7-16)28(31)32/h1-9,12-13,25H,10-11,14-15H2,(H,27,30). The van der Waals surface area contributed by atoms with Gasteiger partial charge >= 0.3 is 5.97 Å². The number of esters is 1. The van der Waals surface area contributed by atoms with E-state index < -0.39 is 28.9 Å². The lowest BCUT2D eigenvalue weighted by Crippen LogP contribution is -2.26. The molecule has 1 heterocycles. The number of carbonyl (C=O) groups is 2. The number of benzene rings is 3. The van der Waals surface area contributed by atoms with E-state index in [1.54, 1.807) is 0 Å². The number of halogens is 1. The lowest BCUT2D eigenvalue weighted by molar-refractivity contribution is -0.384. The number of non-ortho nitro benzene ring substituents is 1. The van der Waals surface area contributed by atoms with Gasteiger partial charge in [-0.15, -0.1) is 0 Å². The fourth-order valence-electron chi connectivity index (χ4n) is 3.50. The van der Waals surface area contributed by atoms with E-state index in [1.807, 2.05) is 30.3 Å². The van der Waals surface area contributed by atoms with Crippen LogP contribution in [0.15, 0.2) is 66.7 Å². The molecular weight excluding hydrogens is 459 g/mol. The van der Waals surface area contributed by atoms with Gasteiger partial charge in [0, 0.05) is 40.9 Å². The van der Waals surface area contributed by atoms with Crippen molar-refractivity contribution in [3.05, 3.63) is 105 Å². The quantitative estimate of drug-likeness (QED) is 0.292. The molecule has 180 valence electrons. The first-order valence-corrected chi connectivity index (χ1v) is 10.7. The van der Waals surface area contributed by atoms with Crippen molar-refractivity contribution >= 4 is 17.6 Å². The van der Waals surface area contributed by atoms with E-state index in [0.717, 1.165) is 5.56 Å². The van der Waals surface area contributed by atoms with Gasteiger partial charge in [-0.3, -0.25) is 19.7 Å². The molecule has 35 heavy (non-hydrogen) atoms. The van der Waals surface area contributed by atoms with Crippen LogP contribution in [0.2, 0.25) is 0 Å². The molecular formula is C25H21FN2O7. The van der Waals surface area contributed by atoms with Gasteiger partial charge in [0.1, 0.15) is 18.2 Å². The fraction of sp³-hybridized carbons (Fsp3) is 0.200. The van der Waals surface area contributed by atoms with Crippen LogP contribution in [0.5, 0.6) is 5.75 Å². The SMILES string of the molecule is O=C(CCNC(=O)c1ccc([N+](=O)[O-])cc1)OCc1cc(F)cc2c1OC(c1ccccc1)OC2. The molecule has 0 bridgehead atoms. The Morgan fingerprint density at radius 2 is 1.86 bits per heavy atom. The van der Waals surface area contributed by atoms with Gasteiger partial charge in [0.25, 0.3) is 11.6 Å². The Hall–Kier alpha value is -4.31. The zero-order valence-corrected chi connectivity index (χ0v) is 18.4. The second kappa shape index (κ2) is 10.7. The summed E-state index contributed by atoms with van der Waals surface area (Å²) in [5, 5.41) is 13.2. The van der Waals surface area contributed by atoms with Crippen LogP contribution in [0.4, 0.5) is 10.1 Å². The van der Waals surface area contributed by atoms with E-state index in [1.165, 1.54) is 36.4 Å². The number of hydrogen-bond acceptors (Lipinski definition) is 7. The number of nitrogens with one attached hydrogen (secondary N) is 1. The highest BCUT2D eigenvalue weighted by Gasteiger charge is 2.25. The third-order valence-corrected chi connectivity index (χ3v) is 5.24. The minimum atomic E-state index is -0.668. The molecule has 0 fully saturated rings. The number of rotatable bonds is 8. The molecule has 0 saturated heterocycles. The summed E-state index contributed by atoms with van der Waals surface area (Å²) in [4.78, 5) is 34.4. The van der Waals surface area contributed by atoms with Gasteiger partial charge in [0.2, 0.25) is 6.29 Å². The minimum Gasteiger partial charge on any atom is -0.461 e. The van der Waals surface area contributed by atoms with Gasteiger partial charge in [-0.05, 0) is 24.3 Å². The van der Waals surface area contributed by atoms with Crippen LogP contribution in [0.1, 0.15) is 39.8 Å². The number of amides is 1. The number of nitro groups is 1. The van der Waals surface area contributed by atoms with Gasteiger partial charge < -0.3 is 19.5 Å². The van der Waals surface area contributed by atoms with Gasteiger partial charge in [-0.1, -0.05) is 30.3 Å². The summed E-state index contributed by atoms with van der Waals surface area (Å²) in [5.41, 5.74) is 1.78. The van der Waals surface area contributed by atoms with Crippen molar-refractivity contribution in [2.45, 2.75) is 25.9 Å². The lowest BCUT2D eigenvalue weighted by atomic mass is 10.1. The maximum Gasteiger partial charge on any atom is 0.307 e. The summed E-state index contributed by atoms with van der Waals surface area (Å²) in [6.07, 6.45) is -0.787. The molecule has 0 radical (unpaired) electrons. The van der Waals surface area contributed by atoms with E-state index in [-0.39, 0.29) is 37.4 Å². The topological polar surface area (TPSA) is 117 Å². The van der Waals surface area contributed by atoms with Crippen LogP contribution in [-0.4, -0.2) is 23.3 Å². The molecule has 1 aliphatic rings. The van der Waals surface area contributed by atoms with E-state index >= 15 is 0 Å². The van der Waals surface area contributed by atoms with Crippen LogP contribution in [0, 0.1) is 15.9 Å². The van der Waals surface area contributed by atoms with E-state index in [2.05, 4.69) is 5.32 Å². The molecule has 1 N–H and O–H groups in total. The summed E-state index contributed by atoms with van der Waals surface area (Å²) in [7, 11) is 0. The van der Waals surface area contributed by atoms with E-state index in [4.69, 9.17) is 14.2 Å². The summed E-state index contributed by atoms with van der Waals surface area (Å²) >= 11 is 0. The molecule has 1 amide bonds. The highest BCUT2D eigenvalue weighted by atomic mass is 19.1. The Labute approximate surface area is 199 Å². The van der Waals surface area contributed by atoms with E-state index in [0.29, 0.717) is 16.9 Å². The highest BCUT2D eigenvalue weighted by molar-refractivity contribution is 5.94. The normalized spacial score (nSPS) is 14.4. The third kappa shape index (κ3) is 5.98. The molecule has 1 unspecified atom stereocenters. The maximum absolute atomic E-state index is 14.1. The van der Waals surface area contributed by atoms with Crippen LogP contribution in [0.3, 0.4) is 0 Å². The number of nitro benzene ring substituents is 1. The zero-order valence-electron chi connectivity index (χ0n) is 18.4. The van der Waals surface area contributed by atoms with Crippen molar-refractivity contribution in [3.8, 4) is 5.75 Å². The number of carbonyl (C=O) groups excluding carboxylic acids is 2. The lowest BCUT2D eigenvalue weighted by Gasteiger charge is -2.28. The average Bonchev–Trinajstić information content (AvgIpc) is 2.87. The minimum absolute atomic E-state index is 0.00364. The zero-order chi connectivity index (χ0) is 24.8. The fourth-order valence-corrected chi connectivity index (χ4v) is 3.50. The molecule has 4 rings (SSSR count). The summed E-state index contributed by atoms with van der Waals surface area (Å²) in [6.45, 7) is -0.0741. The first kappa shape index (κ1) is 23.8. The number of ether oxygens (including phenoxy) is 3. The Morgan fingerprint density at radius 1 is 1.11 bits per heavy atom. The summed E-state index contributed by atoms with van der Waals surface area (Å²) in [6, 6.07) is 16.9. The molecule has 1 atom stereocenters. The second-order valence-electron chi connectivity index (χ2n) is 7.70. The van der Waals surface area contributed by atoms with Gasteiger partial charge in [0.15, 0.2) is 0 Å². The molecule has 3 aromatic carbocycles. The first-order valence-electron chi connectivity index (χ1n) is 10.7. The molecule has 0 saturated carbocycles. The molecule has 0 aliphatic carbocycles. The first-order chi connectivity index (χ1) is 16.9. The number of hydrogen-bond donors (Lipinski definition) is 1. The molecule has 1 aliphatic heterocycles. The Kier molecular flexibility index (Phi) is 7.32. The van der Waals surface area contributed by atoms with Crippen molar-refractivity contribution in [1.29, 1.82) is 0 Å². The van der Waals surface area contributed by atoms with Gasteiger partial charge in [0.05, 0.1) is 18.0 Å². The monoisotopic (exact) mass is 480 g/mol. The third-order valence-electron chi connectivity index (χ3n) is 5.24. The van der Waals surface area contributed by atoms with Crippen molar-refractivity contribution in [2.75, 3.05) is 6.54 Å². The Morgan fingerprint density at radius 3 is 2.57 bits per heavy atom. The Balaban J connectivity index is 1.31. The number of fused-ring (bicyclic) bond motifs is 1. The highest BCUT2D eigenvalue weighted by Crippen LogP contribution is 2.36. The van der Waals surface area contributed by atoms with Crippen molar-refractivity contribution in [2.24, 2.45) is 0 Å². The maximum atomic E-state index is 14.1. The predicted octanol–water partition coefficient (Wildman–Crippen LogP) is 4.21. The summed E-state index contributed by atoms with van der Waals surface area (Å²) < 4.78 is 31.0. The van der Waals surface area contributed by atoms with E-state index in [9.17, 15) is 24.1 Å². The molecule has 9 nitrogen and oxygen atoms in total. The Bertz CT molecular complexity index is 1230.